The number of H-pyrrole nitrogens is 2. The highest BCUT2D eigenvalue weighted by Crippen LogP contribution is 2.31. The van der Waals surface area contributed by atoms with Crippen LogP contribution in [0.15, 0.2) is 112 Å². The Morgan fingerprint density at radius 3 is 1.70 bits per heavy atom. The van der Waals surface area contributed by atoms with E-state index < -0.39 is 0 Å². The monoisotopic (exact) mass is 1090 g/mol. The lowest BCUT2D eigenvalue weighted by Gasteiger charge is -2.35. The number of aliphatic imine (C=N–C) groups is 2. The number of aryl methyl sites for hydroxylation is 3. The minimum Gasteiger partial charge on any atom is -0.328 e. The minimum absolute atomic E-state index is 0. The molecule has 80 heavy (non-hydrogen) atoms. The number of hydrogen-bond donors (Lipinski definition) is 2. The molecule has 0 saturated carbocycles. The lowest BCUT2D eigenvalue weighted by atomic mass is 9.86. The summed E-state index contributed by atoms with van der Waals surface area (Å²) in [6.45, 7) is 47.7. The molecule has 2 aliphatic rings. The summed E-state index contributed by atoms with van der Waals surface area (Å²) in [6, 6.07) is 7.39. The molecule has 0 amide bonds. The lowest BCUT2D eigenvalue weighted by Crippen LogP contribution is -2.36. The summed E-state index contributed by atoms with van der Waals surface area (Å²) in [4.78, 5) is 79.1. The Balaban J connectivity index is 0.000000207. The molecule has 0 saturated heterocycles. The van der Waals surface area contributed by atoms with Crippen molar-refractivity contribution in [2.24, 2.45) is 9.98 Å². The van der Waals surface area contributed by atoms with Gasteiger partial charge in [-0.2, -0.15) is 0 Å². The van der Waals surface area contributed by atoms with Crippen molar-refractivity contribution in [2.75, 3.05) is 0 Å². The normalized spacial score (nSPS) is 13.4. The Hall–Kier alpha value is -7.96. The number of carbonyl (C=O) groups is 1. The summed E-state index contributed by atoms with van der Waals surface area (Å²) < 4.78 is 8.17. The number of nitrogens with zero attached hydrogens (tertiary/aromatic N) is 14. The number of rotatable bonds is 0. The molecule has 10 heterocycles. The van der Waals surface area contributed by atoms with Crippen LogP contribution in [-0.2, 0) is 27.6 Å². The Labute approximate surface area is 472 Å². The van der Waals surface area contributed by atoms with Crippen molar-refractivity contribution in [3.05, 3.63) is 142 Å². The second-order valence-corrected chi connectivity index (χ2v) is 25.4. The van der Waals surface area contributed by atoms with E-state index in [4.69, 9.17) is 0 Å². The largest absolute Gasteiger partial charge is 0.328 e. The van der Waals surface area contributed by atoms with E-state index in [-0.39, 0.29) is 57.4 Å². The summed E-state index contributed by atoms with van der Waals surface area (Å²) in [5, 5.41) is 1.10. The average molecular weight is 1090 g/mol. The number of aromatic amines is 2. The molecule has 0 aliphatic carbocycles. The van der Waals surface area contributed by atoms with Gasteiger partial charge in [0.25, 0.3) is 5.56 Å². The number of imidazole rings is 2. The SMILES string of the molecule is C.C=C1N=CC=CN1C(C)(C)C.CC(C)(C)n1ccc2c1N=CCC2=O.CC(C)(C)n1cnc2c(=O)[nH]cnc21.Cc1[nH]c(=O)ccc1C(C)(C)C.Cc1ncc2ccn(C(C)(C)C)c2n1.Cc1ncc2ncn(C(C)(C)C)c2n1. The van der Waals surface area contributed by atoms with Gasteiger partial charge >= 0.3 is 0 Å². The fraction of sp³-hybridized carbons (Fsp3) is 0.475. The highest BCUT2D eigenvalue weighted by Gasteiger charge is 2.25. The van der Waals surface area contributed by atoms with Crippen LogP contribution < -0.4 is 11.1 Å². The molecule has 0 bridgehead atoms. The number of hydrogen-bond acceptors (Lipinski definition) is 13. The Morgan fingerprint density at radius 1 is 0.588 bits per heavy atom. The van der Waals surface area contributed by atoms with Crippen LogP contribution in [-0.4, -0.2) is 91.8 Å². The third-order valence-electron chi connectivity index (χ3n) is 12.3. The van der Waals surface area contributed by atoms with Crippen LogP contribution >= 0.6 is 0 Å². The van der Waals surface area contributed by atoms with E-state index in [0.717, 1.165) is 56.7 Å². The zero-order valence-corrected chi connectivity index (χ0v) is 50.6. The van der Waals surface area contributed by atoms with E-state index in [1.54, 1.807) is 31.0 Å². The van der Waals surface area contributed by atoms with Gasteiger partial charge in [-0.25, -0.2) is 44.9 Å². The van der Waals surface area contributed by atoms with Crippen molar-refractivity contribution in [2.45, 2.75) is 192 Å². The van der Waals surface area contributed by atoms with Gasteiger partial charge in [0.05, 0.1) is 30.7 Å². The van der Waals surface area contributed by atoms with Gasteiger partial charge in [-0.05, 0) is 154 Å². The highest BCUT2D eigenvalue weighted by molar-refractivity contribution is 6.09. The number of nitrogens with one attached hydrogen (secondary N) is 2. The molecule has 0 aromatic carbocycles. The Bertz CT molecular complexity index is 3540. The topological polar surface area (TPSA) is 221 Å². The predicted octanol–water partition coefficient (Wildman–Crippen LogP) is 12.6. The number of aromatic nitrogens is 13. The van der Waals surface area contributed by atoms with Gasteiger partial charge in [-0.3, -0.25) is 14.4 Å². The molecular weight excluding hydrogens is 1000 g/mol. The second kappa shape index (κ2) is 25.0. The molecule has 2 N–H and O–H groups in total. The zero-order valence-electron chi connectivity index (χ0n) is 50.6. The fourth-order valence-corrected chi connectivity index (χ4v) is 8.31. The van der Waals surface area contributed by atoms with Crippen LogP contribution in [0.4, 0.5) is 5.82 Å². The average Bonchev–Trinajstić information content (AvgIpc) is 4.14. The molecular formula is C61H88N16O3. The number of fused-ring (bicyclic) bond motifs is 4. The van der Waals surface area contributed by atoms with Crippen LogP contribution in [0.2, 0.25) is 0 Å². The van der Waals surface area contributed by atoms with Gasteiger partial charge in [0.2, 0.25) is 5.56 Å². The molecule has 19 nitrogen and oxygen atoms in total. The summed E-state index contributed by atoms with van der Waals surface area (Å²) >= 11 is 0. The first-order valence-electron chi connectivity index (χ1n) is 26.5. The summed E-state index contributed by atoms with van der Waals surface area (Å²) in [5.41, 5.74) is 6.61. The number of ketones is 1. The maximum Gasteiger partial charge on any atom is 0.278 e. The van der Waals surface area contributed by atoms with Gasteiger partial charge in [0.15, 0.2) is 22.6 Å². The van der Waals surface area contributed by atoms with Crippen molar-refractivity contribution in [3.8, 4) is 0 Å². The van der Waals surface area contributed by atoms with E-state index in [1.165, 1.54) is 11.9 Å². The number of pyridine rings is 1. The van der Waals surface area contributed by atoms with E-state index in [1.807, 2.05) is 98.7 Å². The molecule has 8 aromatic rings. The molecule has 430 valence electrons. The van der Waals surface area contributed by atoms with E-state index in [9.17, 15) is 14.4 Å². The number of allylic oxidation sites excluding steroid dienone is 1. The molecule has 0 radical (unpaired) electrons. The van der Waals surface area contributed by atoms with E-state index in [2.05, 4.69) is 187 Å². The first kappa shape index (κ1) is 64.6. The molecule has 2 aliphatic heterocycles. The van der Waals surface area contributed by atoms with E-state index >= 15 is 0 Å². The highest BCUT2D eigenvalue weighted by atomic mass is 16.1. The first-order valence-corrected chi connectivity index (χ1v) is 26.5. The molecule has 19 heteroatoms. The first-order chi connectivity index (χ1) is 36.4. The lowest BCUT2D eigenvalue weighted by molar-refractivity contribution is 0.100. The molecule has 0 spiro atoms. The molecule has 0 unspecified atom stereocenters. The fourth-order valence-electron chi connectivity index (χ4n) is 8.31. The second-order valence-electron chi connectivity index (χ2n) is 25.4. The molecule has 0 atom stereocenters. The predicted molar refractivity (Wildman–Crippen MR) is 328 cm³/mol. The van der Waals surface area contributed by atoms with Crippen LogP contribution in [0, 0.1) is 20.8 Å². The number of Topliss-reactive ketones (excluding diaryl/α,β-unsaturated/α-hetero) is 1. The zero-order chi connectivity index (χ0) is 59.2. The Morgan fingerprint density at radius 2 is 1.15 bits per heavy atom. The quantitative estimate of drug-likeness (QED) is 0.145. The summed E-state index contributed by atoms with van der Waals surface area (Å²) in [5.74, 6) is 3.37. The van der Waals surface area contributed by atoms with Crippen molar-refractivity contribution in [1.82, 2.24) is 68.0 Å². The maximum absolute atomic E-state index is 11.5. The van der Waals surface area contributed by atoms with Crippen LogP contribution in [0.1, 0.15) is 172 Å². The smallest absolute Gasteiger partial charge is 0.278 e. The maximum atomic E-state index is 11.5. The van der Waals surface area contributed by atoms with Crippen LogP contribution in [0.5, 0.6) is 0 Å². The standard InChI is InChI=1S/C11H15N3.C11H14N2O.C10H14N4.C10H15NO.C9H12N4O.C9H14N2.CH4/c1-8-12-7-9-5-6-14(10(9)13-8)11(2,3)4;1-11(2,3)13-7-5-8-9(14)4-6-12-10(8)13;1-7-11-5-8-9(13-7)14(6-12-8)10(2,3)4;1-7-8(10(2,3)4)5-6-9(12)11-7;1-9(2,3)13-5-12-6-7(13)10-4-11-8(6)14;1-8-10-6-5-7-11(8)9(2,3)4;/h5-7H,1-4H3;5-7H,4H2,1-3H3;5-6H,1-4H3;5-6H,1-4H3,(H,11,12);4-5H,1-3H3,(H,10,11,14);5-7H,1H2,2-4H3;1H4. The van der Waals surface area contributed by atoms with Gasteiger partial charge in [-0.1, -0.05) is 40.8 Å². The van der Waals surface area contributed by atoms with Crippen LogP contribution in [0.3, 0.4) is 0 Å². The number of carbonyl (C=O) groups excluding carboxylic acids is 1. The van der Waals surface area contributed by atoms with Crippen molar-refractivity contribution < 1.29 is 4.79 Å². The van der Waals surface area contributed by atoms with E-state index in [0.29, 0.717) is 17.6 Å². The molecule has 0 fully saturated rings. The third kappa shape index (κ3) is 16.5. The summed E-state index contributed by atoms with van der Waals surface area (Å²) in [6.07, 6.45) is 20.3. The Kier molecular flexibility index (Phi) is 20.2. The van der Waals surface area contributed by atoms with Crippen molar-refractivity contribution in [1.29, 1.82) is 0 Å². The third-order valence-corrected chi connectivity index (χ3v) is 12.3. The van der Waals surface area contributed by atoms with Gasteiger partial charge < -0.3 is 33.1 Å². The van der Waals surface area contributed by atoms with Crippen molar-refractivity contribution in [3.63, 3.8) is 0 Å². The van der Waals surface area contributed by atoms with Gasteiger partial charge in [-0.15, -0.1) is 0 Å². The van der Waals surface area contributed by atoms with Gasteiger partial charge in [0, 0.05) is 88.5 Å². The van der Waals surface area contributed by atoms with Gasteiger partial charge in [0.1, 0.15) is 34.5 Å². The van der Waals surface area contributed by atoms with Crippen molar-refractivity contribution >= 4 is 57.4 Å². The summed E-state index contributed by atoms with van der Waals surface area (Å²) in [7, 11) is 0. The minimum atomic E-state index is -0.196. The molecule has 10 rings (SSSR count). The molecule has 8 aromatic heterocycles. The van der Waals surface area contributed by atoms with Crippen LogP contribution in [0.25, 0.3) is 33.4 Å².